The minimum absolute atomic E-state index is 0.150. The van der Waals surface area contributed by atoms with Crippen LogP contribution in [0.5, 0.6) is 0 Å². The van der Waals surface area contributed by atoms with Gasteiger partial charge in [0, 0.05) is 30.4 Å². The Balaban J connectivity index is 1.58. The third kappa shape index (κ3) is 5.09. The van der Waals surface area contributed by atoms with Gasteiger partial charge in [-0.05, 0) is 12.8 Å². The van der Waals surface area contributed by atoms with Crippen molar-refractivity contribution in [2.24, 2.45) is 5.73 Å². The van der Waals surface area contributed by atoms with Crippen LogP contribution < -0.4 is 11.1 Å². The Kier molecular flexibility index (Phi) is 5.54. The van der Waals surface area contributed by atoms with Gasteiger partial charge in [0.25, 0.3) is 0 Å². The third-order valence-electron chi connectivity index (χ3n) is 4.12. The number of amides is 2. The number of thioether (sulfide) groups is 1. The van der Waals surface area contributed by atoms with E-state index < -0.39 is 0 Å². The van der Waals surface area contributed by atoms with Crippen molar-refractivity contribution in [3.05, 3.63) is 17.6 Å². The fourth-order valence-electron chi connectivity index (χ4n) is 2.50. The van der Waals surface area contributed by atoms with Crippen LogP contribution in [0.1, 0.15) is 57.6 Å². The average Bonchev–Trinajstić information content (AvgIpc) is 3.15. The summed E-state index contributed by atoms with van der Waals surface area (Å²) in [5.74, 6) is 0.670. The van der Waals surface area contributed by atoms with Crippen LogP contribution in [-0.2, 0) is 21.4 Å². The molecule has 1 fully saturated rings. The Morgan fingerprint density at radius 2 is 2.11 bits per heavy atom. The van der Waals surface area contributed by atoms with Crippen molar-refractivity contribution in [2.75, 3.05) is 11.1 Å². The van der Waals surface area contributed by atoms with E-state index in [1.807, 2.05) is 25.3 Å². The lowest BCUT2D eigenvalue weighted by Crippen LogP contribution is -2.15. The second-order valence-corrected chi connectivity index (χ2v) is 8.57. The highest BCUT2D eigenvalue weighted by atomic mass is 32.2. The van der Waals surface area contributed by atoms with Gasteiger partial charge in [0.05, 0.1) is 11.4 Å². The lowest BCUT2D eigenvalue weighted by Gasteiger charge is -2.12. The molecule has 2 aromatic rings. The Morgan fingerprint density at radius 3 is 2.70 bits per heavy atom. The smallest absolute Gasteiger partial charge is 0.237 e. The Morgan fingerprint density at radius 1 is 1.37 bits per heavy atom. The van der Waals surface area contributed by atoms with Gasteiger partial charge in [-0.15, -0.1) is 10.2 Å². The minimum Gasteiger partial charge on any atom is -0.370 e. The summed E-state index contributed by atoms with van der Waals surface area (Å²) < 4.78 is 7.20. The van der Waals surface area contributed by atoms with E-state index in [1.165, 1.54) is 11.8 Å². The second-order valence-electron chi connectivity index (χ2n) is 7.63. The van der Waals surface area contributed by atoms with Crippen molar-refractivity contribution < 1.29 is 14.1 Å². The van der Waals surface area contributed by atoms with Gasteiger partial charge < -0.3 is 14.8 Å². The molecule has 10 heteroatoms. The summed E-state index contributed by atoms with van der Waals surface area (Å²) in [6, 6.07) is 2.08. The SMILES string of the molecule is CC(C)(C)c1cc(NC(=O)CSc2nnc(CCC(N)=O)n2C2CC2)on1. The number of rotatable bonds is 8. The van der Waals surface area contributed by atoms with Gasteiger partial charge in [0.1, 0.15) is 5.82 Å². The molecule has 2 heterocycles. The summed E-state index contributed by atoms with van der Waals surface area (Å²) in [4.78, 5) is 23.2. The number of nitrogens with two attached hydrogens (primary N) is 1. The summed E-state index contributed by atoms with van der Waals surface area (Å²) in [5, 5.41) is 15.7. The predicted octanol–water partition coefficient (Wildman–Crippen LogP) is 2.05. The van der Waals surface area contributed by atoms with E-state index in [0.29, 0.717) is 23.5 Å². The number of hydrogen-bond acceptors (Lipinski definition) is 7. The van der Waals surface area contributed by atoms with E-state index in [1.54, 1.807) is 6.07 Å². The number of primary amides is 1. The first-order chi connectivity index (χ1) is 12.7. The van der Waals surface area contributed by atoms with Gasteiger partial charge >= 0.3 is 0 Å². The first-order valence-electron chi connectivity index (χ1n) is 8.86. The second kappa shape index (κ2) is 7.71. The number of hydrogen-bond donors (Lipinski definition) is 2. The fourth-order valence-corrected chi connectivity index (χ4v) is 3.33. The molecule has 9 nitrogen and oxygen atoms in total. The van der Waals surface area contributed by atoms with Crippen LogP contribution in [-0.4, -0.2) is 37.5 Å². The third-order valence-corrected chi connectivity index (χ3v) is 5.06. The normalized spacial score (nSPS) is 14.3. The Bertz CT molecular complexity index is 834. The van der Waals surface area contributed by atoms with Gasteiger partial charge in [0.15, 0.2) is 5.16 Å². The largest absolute Gasteiger partial charge is 0.370 e. The summed E-state index contributed by atoms with van der Waals surface area (Å²) in [6.07, 6.45) is 2.79. The van der Waals surface area contributed by atoms with Crippen molar-refractivity contribution in [2.45, 2.75) is 63.1 Å². The van der Waals surface area contributed by atoms with E-state index in [-0.39, 0.29) is 29.4 Å². The highest BCUT2D eigenvalue weighted by Crippen LogP contribution is 2.39. The lowest BCUT2D eigenvalue weighted by molar-refractivity contribution is -0.118. The van der Waals surface area contributed by atoms with Crippen LogP contribution in [0.2, 0.25) is 0 Å². The first-order valence-corrected chi connectivity index (χ1v) is 9.84. The van der Waals surface area contributed by atoms with Crippen molar-refractivity contribution >= 4 is 29.5 Å². The molecule has 2 amide bonds. The Hall–Kier alpha value is -2.36. The summed E-state index contributed by atoms with van der Waals surface area (Å²) in [5.41, 5.74) is 5.85. The summed E-state index contributed by atoms with van der Waals surface area (Å²) >= 11 is 1.31. The van der Waals surface area contributed by atoms with Crippen molar-refractivity contribution in [1.29, 1.82) is 0 Å². The molecule has 1 saturated carbocycles. The van der Waals surface area contributed by atoms with Crippen LogP contribution in [0.4, 0.5) is 5.88 Å². The van der Waals surface area contributed by atoms with Crippen LogP contribution in [0.25, 0.3) is 0 Å². The van der Waals surface area contributed by atoms with Gasteiger partial charge in [-0.2, -0.15) is 0 Å². The van der Waals surface area contributed by atoms with Crippen molar-refractivity contribution in [1.82, 2.24) is 19.9 Å². The maximum Gasteiger partial charge on any atom is 0.237 e. The van der Waals surface area contributed by atoms with E-state index in [4.69, 9.17) is 10.3 Å². The van der Waals surface area contributed by atoms with E-state index >= 15 is 0 Å². The molecule has 3 rings (SSSR count). The monoisotopic (exact) mass is 392 g/mol. The molecule has 1 aliphatic rings. The van der Waals surface area contributed by atoms with Gasteiger partial charge in [-0.1, -0.05) is 37.7 Å². The van der Waals surface area contributed by atoms with Crippen LogP contribution >= 0.6 is 11.8 Å². The molecule has 27 heavy (non-hydrogen) atoms. The van der Waals surface area contributed by atoms with Gasteiger partial charge in [-0.25, -0.2) is 0 Å². The molecular weight excluding hydrogens is 368 g/mol. The molecule has 1 aliphatic carbocycles. The molecule has 0 unspecified atom stereocenters. The average molecular weight is 392 g/mol. The molecule has 3 N–H and O–H groups in total. The van der Waals surface area contributed by atoms with Crippen LogP contribution in [0, 0.1) is 0 Å². The number of aromatic nitrogens is 4. The maximum atomic E-state index is 12.2. The number of nitrogens with zero attached hydrogens (tertiary/aromatic N) is 4. The molecule has 0 atom stereocenters. The topological polar surface area (TPSA) is 129 Å². The zero-order valence-corrected chi connectivity index (χ0v) is 16.5. The summed E-state index contributed by atoms with van der Waals surface area (Å²) in [6.45, 7) is 6.06. The van der Waals surface area contributed by atoms with Gasteiger partial charge in [-0.3, -0.25) is 14.9 Å². The zero-order valence-electron chi connectivity index (χ0n) is 15.7. The molecule has 0 spiro atoms. The number of carbonyl (C=O) groups is 2. The highest BCUT2D eigenvalue weighted by Gasteiger charge is 2.30. The quantitative estimate of drug-likeness (QED) is 0.658. The van der Waals surface area contributed by atoms with E-state index in [0.717, 1.165) is 24.4 Å². The minimum atomic E-state index is -0.365. The zero-order chi connectivity index (χ0) is 19.6. The summed E-state index contributed by atoms with van der Waals surface area (Å²) in [7, 11) is 0. The first kappa shape index (κ1) is 19.4. The lowest BCUT2D eigenvalue weighted by atomic mass is 9.92. The van der Waals surface area contributed by atoms with Gasteiger partial charge in [0.2, 0.25) is 17.7 Å². The highest BCUT2D eigenvalue weighted by molar-refractivity contribution is 7.99. The number of nitrogens with one attached hydrogen (secondary N) is 1. The molecule has 0 saturated heterocycles. The van der Waals surface area contributed by atoms with Crippen molar-refractivity contribution in [3.63, 3.8) is 0 Å². The van der Waals surface area contributed by atoms with Crippen LogP contribution in [0.15, 0.2) is 15.7 Å². The molecule has 0 aliphatic heterocycles. The molecule has 0 bridgehead atoms. The molecule has 0 radical (unpaired) electrons. The Labute approximate surface area is 161 Å². The molecular formula is C17H24N6O3S. The predicted molar refractivity (Wildman–Crippen MR) is 100 cm³/mol. The number of anilines is 1. The standard InChI is InChI=1S/C17H24N6O3S/c1-17(2,3)11-8-15(26-22-11)19-14(25)9-27-16-21-20-13(7-6-12(18)24)23(16)10-4-5-10/h8,10H,4-7,9H2,1-3H3,(H2,18,24)(H,19,25). The maximum absolute atomic E-state index is 12.2. The molecule has 0 aromatic carbocycles. The van der Waals surface area contributed by atoms with Crippen LogP contribution in [0.3, 0.4) is 0 Å². The number of carbonyl (C=O) groups excluding carboxylic acids is 2. The van der Waals surface area contributed by atoms with Crippen molar-refractivity contribution in [3.8, 4) is 0 Å². The number of aryl methyl sites for hydroxylation is 1. The van der Waals surface area contributed by atoms with E-state index in [2.05, 4.69) is 20.7 Å². The molecule has 146 valence electrons. The fraction of sp³-hybridized carbons (Fsp3) is 0.588. The molecule has 2 aromatic heterocycles. The van der Waals surface area contributed by atoms with E-state index in [9.17, 15) is 9.59 Å².